The van der Waals surface area contributed by atoms with E-state index in [1.54, 1.807) is 12.1 Å². The Labute approximate surface area is 122 Å². The number of piperidine rings is 1. The van der Waals surface area contributed by atoms with Crippen molar-refractivity contribution in [1.82, 2.24) is 10.2 Å². The van der Waals surface area contributed by atoms with Crippen LogP contribution in [-0.2, 0) is 16.1 Å². The van der Waals surface area contributed by atoms with Gasteiger partial charge >= 0.3 is 0 Å². The molecule has 1 aromatic rings. The van der Waals surface area contributed by atoms with Gasteiger partial charge < -0.3 is 10.0 Å². The number of phenolic OH excluding ortho intramolecular Hbond substituents is 1. The van der Waals surface area contributed by atoms with Crippen molar-refractivity contribution in [1.29, 1.82) is 0 Å². The fourth-order valence-electron chi connectivity index (χ4n) is 2.60. The van der Waals surface area contributed by atoms with Crippen LogP contribution in [0.25, 0.3) is 0 Å². The van der Waals surface area contributed by atoms with E-state index >= 15 is 0 Å². The van der Waals surface area contributed by atoms with Crippen molar-refractivity contribution in [2.45, 2.75) is 25.4 Å². The van der Waals surface area contributed by atoms with Gasteiger partial charge in [0.15, 0.2) is 0 Å². The maximum Gasteiger partial charge on any atom is 0.255 e. The molecule has 1 atom stereocenters. The van der Waals surface area contributed by atoms with Crippen LogP contribution in [0.4, 0.5) is 0 Å². The minimum absolute atomic E-state index is 0.0191. The number of hydrogen-bond donors (Lipinski definition) is 2. The normalized spacial score (nSPS) is 21.9. The minimum atomic E-state index is -0.661. The first kappa shape index (κ1) is 13.1. The quantitative estimate of drug-likeness (QED) is 0.745. The lowest BCUT2D eigenvalue weighted by Gasteiger charge is -2.29. The lowest BCUT2D eigenvalue weighted by molar-refractivity contribution is -0.136. The molecule has 1 fully saturated rings. The Morgan fingerprint density at radius 3 is 2.75 bits per heavy atom. The van der Waals surface area contributed by atoms with E-state index in [1.165, 1.54) is 4.90 Å². The highest BCUT2D eigenvalue weighted by Gasteiger charge is 2.40. The topological polar surface area (TPSA) is 86.7 Å². The first-order valence-electron chi connectivity index (χ1n) is 6.14. The van der Waals surface area contributed by atoms with Crippen LogP contribution in [0.15, 0.2) is 16.6 Å². The molecule has 3 amide bonds. The van der Waals surface area contributed by atoms with E-state index in [0.717, 1.165) is 0 Å². The van der Waals surface area contributed by atoms with Gasteiger partial charge in [0, 0.05) is 17.5 Å². The summed E-state index contributed by atoms with van der Waals surface area (Å²) < 4.78 is 0.508. The highest BCUT2D eigenvalue weighted by Crippen LogP contribution is 2.37. The van der Waals surface area contributed by atoms with Crippen LogP contribution in [0, 0.1) is 0 Å². The average Bonchev–Trinajstić information content (AvgIpc) is 2.72. The number of aromatic hydroxyl groups is 1. The summed E-state index contributed by atoms with van der Waals surface area (Å²) in [6, 6.07) is 2.55. The second kappa shape index (κ2) is 4.59. The van der Waals surface area contributed by atoms with E-state index in [-0.39, 0.29) is 30.5 Å². The predicted molar refractivity (Wildman–Crippen MR) is 71.9 cm³/mol. The van der Waals surface area contributed by atoms with Crippen LogP contribution in [0.5, 0.6) is 5.75 Å². The molecule has 20 heavy (non-hydrogen) atoms. The van der Waals surface area contributed by atoms with Gasteiger partial charge in [-0.15, -0.1) is 0 Å². The first-order chi connectivity index (χ1) is 9.49. The second-order valence-electron chi connectivity index (χ2n) is 4.82. The third-order valence-corrected chi connectivity index (χ3v) is 4.28. The highest BCUT2D eigenvalue weighted by atomic mass is 79.9. The Kier molecular flexibility index (Phi) is 3.01. The van der Waals surface area contributed by atoms with Gasteiger partial charge in [0.1, 0.15) is 11.8 Å². The smallest absolute Gasteiger partial charge is 0.255 e. The number of phenols is 1. The van der Waals surface area contributed by atoms with Crippen LogP contribution in [0.3, 0.4) is 0 Å². The zero-order chi connectivity index (χ0) is 14.4. The molecule has 1 aromatic carbocycles. The summed E-state index contributed by atoms with van der Waals surface area (Å²) in [6.07, 6.45) is 0.526. The SMILES string of the molecule is O=C1CCC(N2Cc3c(ccc(Br)c3O)C2=O)C(=O)N1. The van der Waals surface area contributed by atoms with Gasteiger partial charge in [-0.2, -0.15) is 0 Å². The third-order valence-electron chi connectivity index (χ3n) is 3.64. The van der Waals surface area contributed by atoms with Crippen LogP contribution in [0.2, 0.25) is 0 Å². The standard InChI is InChI=1S/C13H11BrN2O4/c14-8-2-1-6-7(11(8)18)5-16(13(6)20)9-3-4-10(17)15-12(9)19/h1-2,9,18H,3-5H2,(H,15,17,19). The second-order valence-corrected chi connectivity index (χ2v) is 5.68. The zero-order valence-electron chi connectivity index (χ0n) is 10.4. The molecule has 0 aromatic heterocycles. The largest absolute Gasteiger partial charge is 0.506 e. The highest BCUT2D eigenvalue weighted by molar-refractivity contribution is 9.10. The van der Waals surface area contributed by atoms with E-state index < -0.39 is 11.9 Å². The predicted octanol–water partition coefficient (Wildman–Crippen LogP) is 0.916. The molecule has 2 heterocycles. The van der Waals surface area contributed by atoms with Crippen molar-refractivity contribution in [3.8, 4) is 5.75 Å². The summed E-state index contributed by atoms with van der Waals surface area (Å²) in [5, 5.41) is 12.2. The molecule has 2 aliphatic rings. The summed E-state index contributed by atoms with van der Waals surface area (Å²) in [5.74, 6) is -1.05. The Hall–Kier alpha value is -1.89. The lowest BCUT2D eigenvalue weighted by Crippen LogP contribution is -2.52. The molecule has 7 heteroatoms. The molecule has 3 rings (SSSR count). The number of carbonyl (C=O) groups is 3. The number of benzene rings is 1. The number of rotatable bonds is 1. The number of halogens is 1. The van der Waals surface area contributed by atoms with Crippen LogP contribution in [0.1, 0.15) is 28.8 Å². The Bertz CT molecular complexity index is 644. The molecule has 2 aliphatic heterocycles. The lowest BCUT2D eigenvalue weighted by atomic mass is 10.0. The van der Waals surface area contributed by atoms with Crippen molar-refractivity contribution in [2.24, 2.45) is 0 Å². The number of carbonyl (C=O) groups excluding carboxylic acids is 3. The molecule has 6 nitrogen and oxygen atoms in total. The number of hydrogen-bond acceptors (Lipinski definition) is 4. The maximum atomic E-state index is 12.3. The summed E-state index contributed by atoms with van der Waals surface area (Å²) >= 11 is 3.20. The van der Waals surface area contributed by atoms with Crippen LogP contribution < -0.4 is 5.32 Å². The Morgan fingerprint density at radius 2 is 2.05 bits per heavy atom. The van der Waals surface area contributed by atoms with E-state index in [0.29, 0.717) is 22.0 Å². The van der Waals surface area contributed by atoms with E-state index in [4.69, 9.17) is 0 Å². The summed E-state index contributed by atoms with van der Waals surface area (Å²) in [4.78, 5) is 36.7. The molecule has 1 unspecified atom stereocenters. The maximum absolute atomic E-state index is 12.3. The van der Waals surface area contributed by atoms with Gasteiger partial charge in [0.2, 0.25) is 11.8 Å². The van der Waals surface area contributed by atoms with E-state index in [9.17, 15) is 19.5 Å². The van der Waals surface area contributed by atoms with Crippen LogP contribution in [-0.4, -0.2) is 33.8 Å². The van der Waals surface area contributed by atoms with Crippen molar-refractivity contribution in [3.63, 3.8) is 0 Å². The zero-order valence-corrected chi connectivity index (χ0v) is 11.9. The van der Waals surface area contributed by atoms with Crippen molar-refractivity contribution >= 4 is 33.7 Å². The van der Waals surface area contributed by atoms with E-state index in [1.807, 2.05) is 0 Å². The number of imide groups is 1. The van der Waals surface area contributed by atoms with Crippen molar-refractivity contribution in [2.75, 3.05) is 0 Å². The van der Waals surface area contributed by atoms with Gasteiger partial charge in [-0.1, -0.05) is 0 Å². The minimum Gasteiger partial charge on any atom is -0.506 e. The molecule has 0 aliphatic carbocycles. The molecule has 0 spiro atoms. The molecule has 2 N–H and O–H groups in total. The molecule has 0 bridgehead atoms. The molecule has 104 valence electrons. The fourth-order valence-corrected chi connectivity index (χ4v) is 2.97. The third kappa shape index (κ3) is 1.89. The molecule has 0 radical (unpaired) electrons. The van der Waals surface area contributed by atoms with Gasteiger partial charge in [0.05, 0.1) is 11.0 Å². The number of amides is 3. The number of nitrogens with one attached hydrogen (secondary N) is 1. The van der Waals surface area contributed by atoms with Crippen molar-refractivity contribution < 1.29 is 19.5 Å². The molecular weight excluding hydrogens is 328 g/mol. The van der Waals surface area contributed by atoms with Gasteiger partial charge in [0.25, 0.3) is 5.91 Å². The number of fused-ring (bicyclic) bond motifs is 1. The average molecular weight is 339 g/mol. The first-order valence-corrected chi connectivity index (χ1v) is 6.93. The summed E-state index contributed by atoms with van der Waals surface area (Å²) in [5.41, 5.74) is 0.907. The van der Waals surface area contributed by atoms with Crippen LogP contribution >= 0.6 is 15.9 Å². The van der Waals surface area contributed by atoms with Gasteiger partial charge in [-0.05, 0) is 34.5 Å². The molecule has 1 saturated heterocycles. The van der Waals surface area contributed by atoms with Gasteiger partial charge in [-0.25, -0.2) is 0 Å². The number of nitrogens with zero attached hydrogens (tertiary/aromatic N) is 1. The summed E-state index contributed by atoms with van der Waals surface area (Å²) in [7, 11) is 0. The Balaban J connectivity index is 1.92. The van der Waals surface area contributed by atoms with Gasteiger partial charge in [-0.3, -0.25) is 19.7 Å². The monoisotopic (exact) mass is 338 g/mol. The Morgan fingerprint density at radius 1 is 1.30 bits per heavy atom. The van der Waals surface area contributed by atoms with Crippen molar-refractivity contribution in [3.05, 3.63) is 27.7 Å². The summed E-state index contributed by atoms with van der Waals surface area (Å²) in [6.45, 7) is 0.172. The fraction of sp³-hybridized carbons (Fsp3) is 0.308. The molecule has 0 saturated carbocycles. The molecular formula is C13H11BrN2O4. The van der Waals surface area contributed by atoms with E-state index in [2.05, 4.69) is 21.2 Å².